The van der Waals surface area contributed by atoms with Crippen LogP contribution in [0, 0.1) is 0 Å². The number of hydrogen-bond acceptors (Lipinski definition) is 1. The molecule has 0 aliphatic heterocycles. The van der Waals surface area contributed by atoms with Crippen LogP contribution in [0.2, 0.25) is 0 Å². The number of rotatable bonds is 5. The van der Waals surface area contributed by atoms with E-state index in [2.05, 4.69) is 43.8 Å². The van der Waals surface area contributed by atoms with Crippen molar-refractivity contribution in [1.82, 2.24) is 5.32 Å². The van der Waals surface area contributed by atoms with E-state index in [9.17, 15) is 4.79 Å². The molecule has 1 aromatic rings. The first-order chi connectivity index (χ1) is 7.25. The summed E-state index contributed by atoms with van der Waals surface area (Å²) in [4.78, 5) is 11.7. The van der Waals surface area contributed by atoms with Crippen LogP contribution in [0.1, 0.15) is 23.2 Å². The molecule has 1 rings (SSSR count). The van der Waals surface area contributed by atoms with Gasteiger partial charge in [-0.1, -0.05) is 34.7 Å². The van der Waals surface area contributed by atoms with Gasteiger partial charge in [0.2, 0.25) is 0 Å². The minimum atomic E-state index is -0.00377. The predicted octanol–water partition coefficient (Wildman–Crippen LogP) is 3.39. The van der Waals surface area contributed by atoms with Crippen LogP contribution in [0.15, 0.2) is 28.7 Å². The van der Waals surface area contributed by atoms with Crippen LogP contribution < -0.4 is 5.32 Å². The molecule has 0 fully saturated rings. The van der Waals surface area contributed by atoms with Gasteiger partial charge in [-0.15, -0.1) is 0 Å². The van der Waals surface area contributed by atoms with E-state index in [1.54, 1.807) is 0 Å². The molecule has 4 heteroatoms. The third kappa shape index (κ3) is 4.51. The highest BCUT2D eigenvalue weighted by Gasteiger charge is 2.07. The Bertz CT molecular complexity index is 330. The van der Waals surface area contributed by atoms with E-state index in [1.807, 2.05) is 24.3 Å². The highest BCUT2D eigenvalue weighted by molar-refractivity contribution is 14.1. The van der Waals surface area contributed by atoms with Gasteiger partial charge in [0.15, 0.2) is 0 Å². The zero-order chi connectivity index (χ0) is 11.1. The zero-order valence-corrected chi connectivity index (χ0v) is 12.0. The number of benzene rings is 1. The summed E-state index contributed by atoms with van der Waals surface area (Å²) < 4.78 is 1.99. The average Bonchev–Trinajstić information content (AvgIpc) is 2.25. The van der Waals surface area contributed by atoms with Crippen LogP contribution in [-0.2, 0) is 0 Å². The van der Waals surface area contributed by atoms with Crippen LogP contribution >= 0.6 is 38.5 Å². The van der Waals surface area contributed by atoms with Crippen LogP contribution in [0.25, 0.3) is 0 Å². The second-order valence-corrected chi connectivity index (χ2v) is 5.06. The average molecular weight is 382 g/mol. The Morgan fingerprint density at radius 3 is 2.73 bits per heavy atom. The highest BCUT2D eigenvalue weighted by Crippen LogP contribution is 2.15. The van der Waals surface area contributed by atoms with Crippen LogP contribution in [0.4, 0.5) is 0 Å². The number of carbonyl (C=O) groups excluding carboxylic acids is 1. The van der Waals surface area contributed by atoms with Crippen molar-refractivity contribution in [2.75, 3.05) is 11.0 Å². The maximum atomic E-state index is 11.7. The molecule has 0 aliphatic carbocycles. The quantitative estimate of drug-likeness (QED) is 0.472. The molecule has 0 atom stereocenters. The molecule has 0 saturated carbocycles. The molecule has 1 N–H and O–H groups in total. The molecule has 0 radical (unpaired) electrons. The summed E-state index contributed by atoms with van der Waals surface area (Å²) in [5, 5.41) is 2.90. The Hall–Kier alpha value is -0.100. The fraction of sp³-hybridized carbons (Fsp3) is 0.364. The lowest BCUT2D eigenvalue weighted by Gasteiger charge is -2.05. The minimum absolute atomic E-state index is 0.00377. The normalized spacial score (nSPS) is 10.0. The Balaban J connectivity index is 2.44. The fourth-order valence-electron chi connectivity index (χ4n) is 1.16. The first-order valence-electron chi connectivity index (χ1n) is 4.84. The van der Waals surface area contributed by atoms with Crippen LogP contribution in [-0.4, -0.2) is 16.9 Å². The standard InChI is InChI=1S/C11H13BrINO/c12-10-6-2-1-5-9(10)11(15)14-8-4-3-7-13/h1-2,5-6H,3-4,7-8H2,(H,14,15). The van der Waals surface area contributed by atoms with Crippen LogP contribution in [0.5, 0.6) is 0 Å². The molecule has 1 amide bonds. The second-order valence-electron chi connectivity index (χ2n) is 3.13. The van der Waals surface area contributed by atoms with E-state index in [1.165, 1.54) is 0 Å². The molecule has 0 heterocycles. The molecule has 0 unspecified atom stereocenters. The molecule has 0 bridgehead atoms. The summed E-state index contributed by atoms with van der Waals surface area (Å²) in [6, 6.07) is 7.46. The van der Waals surface area contributed by atoms with E-state index in [4.69, 9.17) is 0 Å². The van der Waals surface area contributed by atoms with E-state index in [0.29, 0.717) is 5.56 Å². The predicted molar refractivity (Wildman–Crippen MR) is 74.6 cm³/mol. The lowest BCUT2D eigenvalue weighted by molar-refractivity contribution is 0.0952. The number of nitrogens with one attached hydrogen (secondary N) is 1. The van der Waals surface area contributed by atoms with Crippen LogP contribution in [0.3, 0.4) is 0 Å². The minimum Gasteiger partial charge on any atom is -0.352 e. The molecule has 0 aliphatic rings. The largest absolute Gasteiger partial charge is 0.352 e. The molecular weight excluding hydrogens is 369 g/mol. The van der Waals surface area contributed by atoms with Gasteiger partial charge in [0.1, 0.15) is 0 Å². The van der Waals surface area contributed by atoms with Crippen molar-refractivity contribution in [3.05, 3.63) is 34.3 Å². The fourth-order valence-corrected chi connectivity index (χ4v) is 2.17. The number of hydrogen-bond donors (Lipinski definition) is 1. The van der Waals surface area contributed by atoms with E-state index in [0.717, 1.165) is 28.3 Å². The summed E-state index contributed by atoms with van der Waals surface area (Å²) in [5.41, 5.74) is 0.701. The topological polar surface area (TPSA) is 29.1 Å². The SMILES string of the molecule is O=C(NCCCCI)c1ccccc1Br. The monoisotopic (exact) mass is 381 g/mol. The van der Waals surface area contributed by atoms with Crippen molar-refractivity contribution in [3.8, 4) is 0 Å². The maximum Gasteiger partial charge on any atom is 0.252 e. The Morgan fingerprint density at radius 2 is 2.07 bits per heavy atom. The summed E-state index contributed by atoms with van der Waals surface area (Å²) in [6.45, 7) is 0.753. The number of carbonyl (C=O) groups is 1. The summed E-state index contributed by atoms with van der Waals surface area (Å²) in [5.74, 6) is -0.00377. The molecule has 1 aromatic carbocycles. The number of unbranched alkanes of at least 4 members (excludes halogenated alkanes) is 1. The molecular formula is C11H13BrINO. The Labute approximate surface area is 112 Å². The van der Waals surface area contributed by atoms with Gasteiger partial charge in [0.05, 0.1) is 5.56 Å². The van der Waals surface area contributed by atoms with Crippen molar-refractivity contribution in [2.45, 2.75) is 12.8 Å². The van der Waals surface area contributed by atoms with Crippen molar-refractivity contribution in [1.29, 1.82) is 0 Å². The van der Waals surface area contributed by atoms with Gasteiger partial charge in [0, 0.05) is 11.0 Å². The maximum absolute atomic E-state index is 11.7. The highest BCUT2D eigenvalue weighted by atomic mass is 127. The Morgan fingerprint density at radius 1 is 1.33 bits per heavy atom. The number of alkyl halides is 1. The van der Waals surface area contributed by atoms with Crippen molar-refractivity contribution in [3.63, 3.8) is 0 Å². The summed E-state index contributed by atoms with van der Waals surface area (Å²) in [6.07, 6.45) is 2.19. The first kappa shape index (κ1) is 13.0. The van der Waals surface area contributed by atoms with Crippen molar-refractivity contribution in [2.24, 2.45) is 0 Å². The summed E-state index contributed by atoms with van der Waals surface area (Å²) in [7, 11) is 0. The molecule has 0 spiro atoms. The Kier molecular flexibility index (Phi) is 6.24. The lowest BCUT2D eigenvalue weighted by Crippen LogP contribution is -2.24. The van der Waals surface area contributed by atoms with Gasteiger partial charge in [-0.2, -0.15) is 0 Å². The molecule has 0 aromatic heterocycles. The molecule has 0 saturated heterocycles. The third-order valence-corrected chi connectivity index (χ3v) is 3.42. The molecule has 82 valence electrons. The summed E-state index contributed by atoms with van der Waals surface area (Å²) >= 11 is 5.70. The third-order valence-electron chi connectivity index (χ3n) is 1.96. The van der Waals surface area contributed by atoms with Gasteiger partial charge in [-0.05, 0) is 45.3 Å². The van der Waals surface area contributed by atoms with Gasteiger partial charge in [0.25, 0.3) is 5.91 Å². The first-order valence-corrected chi connectivity index (χ1v) is 7.16. The number of halogens is 2. The van der Waals surface area contributed by atoms with E-state index >= 15 is 0 Å². The smallest absolute Gasteiger partial charge is 0.252 e. The molecule has 2 nitrogen and oxygen atoms in total. The second kappa shape index (κ2) is 7.22. The molecule has 15 heavy (non-hydrogen) atoms. The van der Waals surface area contributed by atoms with Gasteiger partial charge in [-0.3, -0.25) is 4.79 Å². The zero-order valence-electron chi connectivity index (χ0n) is 8.30. The van der Waals surface area contributed by atoms with E-state index < -0.39 is 0 Å². The lowest BCUT2D eigenvalue weighted by atomic mass is 10.2. The van der Waals surface area contributed by atoms with Gasteiger partial charge in [-0.25, -0.2) is 0 Å². The van der Waals surface area contributed by atoms with E-state index in [-0.39, 0.29) is 5.91 Å². The van der Waals surface area contributed by atoms with Crippen molar-refractivity contribution >= 4 is 44.4 Å². The van der Waals surface area contributed by atoms with Gasteiger partial charge < -0.3 is 5.32 Å². The number of amides is 1. The van der Waals surface area contributed by atoms with Crippen molar-refractivity contribution < 1.29 is 4.79 Å². The van der Waals surface area contributed by atoms with Gasteiger partial charge >= 0.3 is 0 Å².